The van der Waals surface area contributed by atoms with Gasteiger partial charge >= 0.3 is 0 Å². The standard InChI is InChI=1S/C17H12N4O2/c22-17(15-8-9-18-23-15)19-12-5-3-4-11(10-12)16-20-13-6-1-2-7-14(13)21-16/h1-10H,(H,19,22)(H,20,21). The third-order valence-corrected chi connectivity index (χ3v) is 3.44. The summed E-state index contributed by atoms with van der Waals surface area (Å²) in [5, 5.41) is 6.30. The average molecular weight is 304 g/mol. The predicted octanol–water partition coefficient (Wildman–Crippen LogP) is 3.47. The zero-order valence-corrected chi connectivity index (χ0v) is 12.0. The molecule has 0 bridgehead atoms. The van der Waals surface area contributed by atoms with E-state index in [1.54, 1.807) is 6.07 Å². The third kappa shape index (κ3) is 2.57. The second-order valence-electron chi connectivity index (χ2n) is 5.01. The monoisotopic (exact) mass is 304 g/mol. The van der Waals surface area contributed by atoms with E-state index in [-0.39, 0.29) is 11.7 Å². The van der Waals surface area contributed by atoms with Gasteiger partial charge in [0.2, 0.25) is 5.76 Å². The second-order valence-corrected chi connectivity index (χ2v) is 5.01. The quantitative estimate of drug-likeness (QED) is 0.607. The number of nitrogens with one attached hydrogen (secondary N) is 2. The summed E-state index contributed by atoms with van der Waals surface area (Å²) in [6.07, 6.45) is 1.43. The fourth-order valence-corrected chi connectivity index (χ4v) is 2.36. The van der Waals surface area contributed by atoms with E-state index in [2.05, 4.69) is 20.4 Å². The van der Waals surface area contributed by atoms with Crippen molar-refractivity contribution >= 4 is 22.6 Å². The SMILES string of the molecule is O=C(Nc1cccc(-c2nc3ccccc3[nH]2)c1)c1ccno1. The molecule has 2 heterocycles. The average Bonchev–Trinajstić information content (AvgIpc) is 3.24. The number of H-pyrrole nitrogens is 1. The molecular formula is C17H12N4O2. The van der Waals surface area contributed by atoms with E-state index in [1.807, 2.05) is 42.5 Å². The molecule has 0 fully saturated rings. The Balaban J connectivity index is 1.64. The van der Waals surface area contributed by atoms with Crippen molar-refractivity contribution in [1.82, 2.24) is 15.1 Å². The van der Waals surface area contributed by atoms with Gasteiger partial charge < -0.3 is 14.8 Å². The fourth-order valence-electron chi connectivity index (χ4n) is 2.36. The van der Waals surface area contributed by atoms with E-state index in [4.69, 9.17) is 4.52 Å². The molecule has 6 nitrogen and oxygen atoms in total. The smallest absolute Gasteiger partial charge is 0.294 e. The van der Waals surface area contributed by atoms with Gasteiger partial charge in [0.25, 0.3) is 5.91 Å². The van der Waals surface area contributed by atoms with Crippen LogP contribution in [0.15, 0.2) is 65.3 Å². The van der Waals surface area contributed by atoms with Crippen molar-refractivity contribution in [2.45, 2.75) is 0 Å². The van der Waals surface area contributed by atoms with Crippen LogP contribution in [-0.2, 0) is 0 Å². The number of fused-ring (bicyclic) bond motifs is 1. The van der Waals surface area contributed by atoms with Gasteiger partial charge in [0, 0.05) is 17.3 Å². The molecule has 23 heavy (non-hydrogen) atoms. The first-order valence-corrected chi connectivity index (χ1v) is 7.07. The van der Waals surface area contributed by atoms with Crippen molar-refractivity contribution in [3.05, 3.63) is 66.6 Å². The molecule has 112 valence electrons. The van der Waals surface area contributed by atoms with Crippen molar-refractivity contribution in [1.29, 1.82) is 0 Å². The van der Waals surface area contributed by atoms with E-state index < -0.39 is 0 Å². The van der Waals surface area contributed by atoms with Gasteiger partial charge in [0.05, 0.1) is 17.2 Å². The summed E-state index contributed by atoms with van der Waals surface area (Å²) in [7, 11) is 0. The lowest BCUT2D eigenvalue weighted by Gasteiger charge is -2.04. The molecule has 0 radical (unpaired) electrons. The number of hydrogen-bond acceptors (Lipinski definition) is 4. The van der Waals surface area contributed by atoms with Crippen LogP contribution in [0.2, 0.25) is 0 Å². The van der Waals surface area contributed by atoms with Crippen LogP contribution < -0.4 is 5.32 Å². The summed E-state index contributed by atoms with van der Waals surface area (Å²) in [4.78, 5) is 19.8. The van der Waals surface area contributed by atoms with Gasteiger partial charge in [-0.25, -0.2) is 4.98 Å². The number of aromatic nitrogens is 3. The minimum atomic E-state index is -0.343. The van der Waals surface area contributed by atoms with Crippen LogP contribution in [0.5, 0.6) is 0 Å². The largest absolute Gasteiger partial charge is 0.351 e. The van der Waals surface area contributed by atoms with Gasteiger partial charge in [-0.15, -0.1) is 0 Å². The maximum Gasteiger partial charge on any atom is 0.294 e. The molecule has 0 atom stereocenters. The molecule has 0 spiro atoms. The lowest BCUT2D eigenvalue weighted by atomic mass is 10.2. The lowest BCUT2D eigenvalue weighted by molar-refractivity contribution is 0.0988. The molecule has 0 unspecified atom stereocenters. The molecule has 4 aromatic rings. The Bertz CT molecular complexity index is 940. The van der Waals surface area contributed by atoms with Crippen LogP contribution in [0.4, 0.5) is 5.69 Å². The predicted molar refractivity (Wildman–Crippen MR) is 86.0 cm³/mol. The first kappa shape index (κ1) is 13.3. The number of benzene rings is 2. The van der Waals surface area contributed by atoms with E-state index in [0.717, 1.165) is 22.4 Å². The molecule has 2 N–H and O–H groups in total. The number of nitrogens with zero attached hydrogens (tertiary/aromatic N) is 2. The molecule has 0 saturated heterocycles. The normalized spacial score (nSPS) is 10.8. The summed E-state index contributed by atoms with van der Waals surface area (Å²) in [6.45, 7) is 0. The van der Waals surface area contributed by atoms with Gasteiger partial charge in [-0.2, -0.15) is 0 Å². The zero-order valence-electron chi connectivity index (χ0n) is 12.0. The Labute approximate surface area is 131 Å². The van der Waals surface area contributed by atoms with Gasteiger partial charge in [-0.1, -0.05) is 29.4 Å². The Kier molecular flexibility index (Phi) is 3.12. The van der Waals surface area contributed by atoms with Gasteiger partial charge in [-0.05, 0) is 24.3 Å². The number of imidazole rings is 1. The first-order chi connectivity index (χ1) is 11.3. The van der Waals surface area contributed by atoms with Crippen LogP contribution in [0.25, 0.3) is 22.4 Å². The number of hydrogen-bond donors (Lipinski definition) is 2. The van der Waals surface area contributed by atoms with Crippen LogP contribution in [-0.4, -0.2) is 21.0 Å². The van der Waals surface area contributed by atoms with E-state index in [9.17, 15) is 4.79 Å². The summed E-state index contributed by atoms with van der Waals surface area (Å²) in [5.74, 6) is 0.574. The number of carbonyl (C=O) groups is 1. The van der Waals surface area contributed by atoms with Crippen molar-refractivity contribution in [2.75, 3.05) is 5.32 Å². The number of anilines is 1. The topological polar surface area (TPSA) is 83.8 Å². The highest BCUT2D eigenvalue weighted by Gasteiger charge is 2.11. The molecular weight excluding hydrogens is 292 g/mol. The minimum absolute atomic E-state index is 0.166. The summed E-state index contributed by atoms with van der Waals surface area (Å²) >= 11 is 0. The summed E-state index contributed by atoms with van der Waals surface area (Å²) in [6, 6.07) is 16.8. The van der Waals surface area contributed by atoms with Crippen LogP contribution in [0.3, 0.4) is 0 Å². The summed E-state index contributed by atoms with van der Waals surface area (Å²) < 4.78 is 4.84. The summed E-state index contributed by atoms with van der Waals surface area (Å²) in [5.41, 5.74) is 3.41. The molecule has 0 aliphatic carbocycles. The molecule has 2 aromatic carbocycles. The highest BCUT2D eigenvalue weighted by atomic mass is 16.5. The molecule has 0 aliphatic heterocycles. The highest BCUT2D eigenvalue weighted by molar-refractivity contribution is 6.02. The van der Waals surface area contributed by atoms with Gasteiger partial charge in [0.15, 0.2) is 0 Å². The molecule has 4 rings (SSSR count). The van der Waals surface area contributed by atoms with Gasteiger partial charge in [-0.3, -0.25) is 4.79 Å². The fraction of sp³-hybridized carbons (Fsp3) is 0. The Morgan fingerprint density at radius 1 is 1.09 bits per heavy atom. The van der Waals surface area contributed by atoms with Crippen molar-refractivity contribution in [3.63, 3.8) is 0 Å². The second kappa shape index (κ2) is 5.42. The molecule has 0 saturated carbocycles. The Morgan fingerprint density at radius 3 is 2.83 bits per heavy atom. The van der Waals surface area contributed by atoms with E-state index >= 15 is 0 Å². The zero-order chi connectivity index (χ0) is 15.6. The first-order valence-electron chi connectivity index (χ1n) is 7.07. The molecule has 0 aliphatic rings. The Hall–Kier alpha value is -3.41. The maximum absolute atomic E-state index is 12.0. The van der Waals surface area contributed by atoms with E-state index in [0.29, 0.717) is 5.69 Å². The Morgan fingerprint density at radius 2 is 2.00 bits per heavy atom. The number of rotatable bonds is 3. The number of carbonyl (C=O) groups excluding carboxylic acids is 1. The molecule has 1 amide bonds. The minimum Gasteiger partial charge on any atom is -0.351 e. The number of amides is 1. The van der Waals surface area contributed by atoms with Crippen LogP contribution in [0, 0.1) is 0 Å². The number of para-hydroxylation sites is 2. The van der Waals surface area contributed by atoms with Crippen molar-refractivity contribution < 1.29 is 9.32 Å². The van der Waals surface area contributed by atoms with Crippen molar-refractivity contribution in [3.8, 4) is 11.4 Å². The lowest BCUT2D eigenvalue weighted by Crippen LogP contribution is -2.10. The van der Waals surface area contributed by atoms with Crippen molar-refractivity contribution in [2.24, 2.45) is 0 Å². The third-order valence-electron chi connectivity index (χ3n) is 3.44. The highest BCUT2D eigenvalue weighted by Crippen LogP contribution is 2.23. The van der Waals surface area contributed by atoms with Gasteiger partial charge in [0.1, 0.15) is 5.82 Å². The van der Waals surface area contributed by atoms with E-state index in [1.165, 1.54) is 12.3 Å². The number of aromatic amines is 1. The molecule has 2 aromatic heterocycles. The van der Waals surface area contributed by atoms with Crippen LogP contribution in [0.1, 0.15) is 10.6 Å². The maximum atomic E-state index is 12.0. The van der Waals surface area contributed by atoms with Crippen LogP contribution >= 0.6 is 0 Å². The molecule has 6 heteroatoms.